The summed E-state index contributed by atoms with van der Waals surface area (Å²) in [6, 6.07) is 9.85. The Morgan fingerprint density at radius 1 is 1.19 bits per heavy atom. The summed E-state index contributed by atoms with van der Waals surface area (Å²) in [5.41, 5.74) is 8.17. The Morgan fingerprint density at radius 2 is 1.81 bits per heavy atom. The van der Waals surface area contributed by atoms with Gasteiger partial charge in [-0.05, 0) is 48.6 Å². The Morgan fingerprint density at radius 3 is 2.31 bits per heavy atom. The molecule has 0 aliphatic carbocycles. The fraction of sp³-hybridized carbons (Fsp3) is 0.231. The Kier molecular flexibility index (Phi) is 3.06. The van der Waals surface area contributed by atoms with Crippen LogP contribution in [0.3, 0.4) is 0 Å². The summed E-state index contributed by atoms with van der Waals surface area (Å²) in [5.74, 6) is 0. The Labute approximate surface area is 105 Å². The number of hydrogen-bond donors (Lipinski definition) is 1. The van der Waals surface area contributed by atoms with Crippen molar-refractivity contribution in [3.63, 3.8) is 0 Å². The maximum atomic E-state index is 6.39. The third-order valence-corrected chi connectivity index (χ3v) is 3.89. The van der Waals surface area contributed by atoms with Crippen LogP contribution in [0.4, 0.5) is 0 Å². The van der Waals surface area contributed by atoms with Crippen LogP contribution < -0.4 is 5.73 Å². The number of nitrogens with two attached hydrogens (primary N) is 1. The zero-order valence-electron chi connectivity index (χ0n) is 9.33. The molecule has 0 aliphatic rings. The second-order valence-electron chi connectivity index (χ2n) is 4.16. The number of halogens is 1. The molecule has 1 heterocycles. The molecule has 84 valence electrons. The standard InChI is InChI=1S/C13H14ClNS/c1-9-7-11(8-16-9)13(2,15)10-3-5-12(14)6-4-10/h3-8H,15H2,1-2H3. The van der Waals surface area contributed by atoms with E-state index in [9.17, 15) is 0 Å². The predicted octanol–water partition coefficient (Wildman–Crippen LogP) is 3.93. The van der Waals surface area contributed by atoms with E-state index in [1.807, 2.05) is 31.2 Å². The van der Waals surface area contributed by atoms with Crippen LogP contribution in [-0.4, -0.2) is 0 Å². The molecule has 2 aromatic rings. The third kappa shape index (κ3) is 2.14. The van der Waals surface area contributed by atoms with E-state index in [0.717, 1.165) is 16.1 Å². The molecular formula is C13H14ClNS. The fourth-order valence-electron chi connectivity index (χ4n) is 1.68. The highest BCUT2D eigenvalue weighted by atomic mass is 35.5. The molecule has 0 saturated heterocycles. The first-order valence-electron chi connectivity index (χ1n) is 5.10. The average molecular weight is 252 g/mol. The molecule has 16 heavy (non-hydrogen) atoms. The molecule has 1 aromatic heterocycles. The van der Waals surface area contributed by atoms with E-state index in [1.165, 1.54) is 4.88 Å². The molecule has 0 radical (unpaired) electrons. The number of thiophene rings is 1. The lowest BCUT2D eigenvalue weighted by molar-refractivity contribution is 0.605. The lowest BCUT2D eigenvalue weighted by Crippen LogP contribution is -2.33. The molecule has 0 fully saturated rings. The van der Waals surface area contributed by atoms with Crippen molar-refractivity contribution in [3.05, 3.63) is 56.7 Å². The molecule has 0 bridgehead atoms. The van der Waals surface area contributed by atoms with E-state index >= 15 is 0 Å². The van der Waals surface area contributed by atoms with Crippen LogP contribution in [0, 0.1) is 6.92 Å². The van der Waals surface area contributed by atoms with Gasteiger partial charge in [-0.25, -0.2) is 0 Å². The summed E-state index contributed by atoms with van der Waals surface area (Å²) < 4.78 is 0. The van der Waals surface area contributed by atoms with Gasteiger partial charge in [-0.1, -0.05) is 23.7 Å². The topological polar surface area (TPSA) is 26.0 Å². The Bertz CT molecular complexity index is 485. The zero-order chi connectivity index (χ0) is 11.8. The van der Waals surface area contributed by atoms with Gasteiger partial charge < -0.3 is 5.73 Å². The van der Waals surface area contributed by atoms with E-state index in [1.54, 1.807) is 11.3 Å². The first-order chi connectivity index (χ1) is 7.50. The zero-order valence-corrected chi connectivity index (χ0v) is 10.9. The van der Waals surface area contributed by atoms with Gasteiger partial charge in [0.25, 0.3) is 0 Å². The van der Waals surface area contributed by atoms with Gasteiger partial charge in [-0.3, -0.25) is 0 Å². The minimum atomic E-state index is -0.449. The van der Waals surface area contributed by atoms with E-state index in [-0.39, 0.29) is 0 Å². The highest BCUT2D eigenvalue weighted by molar-refractivity contribution is 7.10. The van der Waals surface area contributed by atoms with Crippen molar-refractivity contribution in [1.82, 2.24) is 0 Å². The van der Waals surface area contributed by atoms with Crippen LogP contribution in [0.15, 0.2) is 35.7 Å². The second kappa shape index (κ2) is 4.21. The molecule has 1 nitrogen and oxygen atoms in total. The smallest absolute Gasteiger partial charge is 0.0645 e. The van der Waals surface area contributed by atoms with Crippen LogP contribution in [0.25, 0.3) is 0 Å². The van der Waals surface area contributed by atoms with E-state index < -0.39 is 5.54 Å². The van der Waals surface area contributed by atoms with Crippen molar-refractivity contribution >= 4 is 22.9 Å². The number of aryl methyl sites for hydroxylation is 1. The molecule has 2 rings (SSSR count). The largest absolute Gasteiger partial charge is 0.318 e. The Hall–Kier alpha value is -0.830. The Balaban J connectivity index is 2.42. The molecule has 3 heteroatoms. The summed E-state index contributed by atoms with van der Waals surface area (Å²) in [6.45, 7) is 4.11. The number of benzene rings is 1. The van der Waals surface area contributed by atoms with Crippen molar-refractivity contribution in [2.75, 3.05) is 0 Å². The van der Waals surface area contributed by atoms with Crippen LogP contribution >= 0.6 is 22.9 Å². The van der Waals surface area contributed by atoms with Crippen molar-refractivity contribution in [1.29, 1.82) is 0 Å². The molecule has 2 N–H and O–H groups in total. The minimum absolute atomic E-state index is 0.449. The van der Waals surface area contributed by atoms with Crippen molar-refractivity contribution in [3.8, 4) is 0 Å². The molecule has 0 saturated carbocycles. The molecule has 1 unspecified atom stereocenters. The third-order valence-electron chi connectivity index (χ3n) is 2.77. The maximum absolute atomic E-state index is 6.39. The second-order valence-corrected chi connectivity index (χ2v) is 5.71. The van der Waals surface area contributed by atoms with Gasteiger partial charge in [-0.15, -0.1) is 11.3 Å². The first-order valence-corrected chi connectivity index (χ1v) is 6.36. The van der Waals surface area contributed by atoms with Gasteiger partial charge in [0.2, 0.25) is 0 Å². The lowest BCUT2D eigenvalue weighted by Gasteiger charge is -2.24. The molecule has 0 aliphatic heterocycles. The van der Waals surface area contributed by atoms with Crippen LogP contribution in [-0.2, 0) is 5.54 Å². The average Bonchev–Trinajstić information content (AvgIpc) is 2.66. The molecule has 0 amide bonds. The van der Waals surface area contributed by atoms with Gasteiger partial charge in [0.05, 0.1) is 5.54 Å². The molecular weight excluding hydrogens is 238 g/mol. The maximum Gasteiger partial charge on any atom is 0.0645 e. The van der Waals surface area contributed by atoms with Crippen molar-refractivity contribution < 1.29 is 0 Å². The molecule has 0 spiro atoms. The summed E-state index contributed by atoms with van der Waals surface area (Å²) in [4.78, 5) is 1.28. The normalized spacial score (nSPS) is 14.8. The van der Waals surface area contributed by atoms with E-state index in [2.05, 4.69) is 18.4 Å². The summed E-state index contributed by atoms with van der Waals surface area (Å²) in [6.07, 6.45) is 0. The summed E-state index contributed by atoms with van der Waals surface area (Å²) >= 11 is 7.60. The van der Waals surface area contributed by atoms with Gasteiger partial charge >= 0.3 is 0 Å². The molecule has 1 atom stereocenters. The minimum Gasteiger partial charge on any atom is -0.318 e. The predicted molar refractivity (Wildman–Crippen MR) is 71.1 cm³/mol. The SMILES string of the molecule is Cc1cc(C(C)(N)c2ccc(Cl)cc2)cs1. The van der Waals surface area contributed by atoms with E-state index in [0.29, 0.717) is 0 Å². The van der Waals surface area contributed by atoms with Gasteiger partial charge in [-0.2, -0.15) is 0 Å². The van der Waals surface area contributed by atoms with Gasteiger partial charge in [0, 0.05) is 9.90 Å². The van der Waals surface area contributed by atoms with Crippen LogP contribution in [0.5, 0.6) is 0 Å². The quantitative estimate of drug-likeness (QED) is 0.860. The van der Waals surface area contributed by atoms with Gasteiger partial charge in [0.1, 0.15) is 0 Å². The molecule has 1 aromatic carbocycles. The lowest BCUT2D eigenvalue weighted by atomic mass is 9.87. The highest BCUT2D eigenvalue weighted by Crippen LogP contribution is 2.30. The fourth-order valence-corrected chi connectivity index (χ4v) is 2.63. The van der Waals surface area contributed by atoms with Crippen LogP contribution in [0.1, 0.15) is 22.9 Å². The van der Waals surface area contributed by atoms with Gasteiger partial charge in [0.15, 0.2) is 0 Å². The number of hydrogen-bond acceptors (Lipinski definition) is 2. The van der Waals surface area contributed by atoms with Crippen LogP contribution in [0.2, 0.25) is 5.02 Å². The van der Waals surface area contributed by atoms with E-state index in [4.69, 9.17) is 17.3 Å². The monoisotopic (exact) mass is 251 g/mol. The summed E-state index contributed by atoms with van der Waals surface area (Å²) in [5, 5.41) is 2.85. The highest BCUT2D eigenvalue weighted by Gasteiger charge is 2.24. The van der Waals surface area contributed by atoms with Crippen molar-refractivity contribution in [2.24, 2.45) is 5.73 Å². The summed E-state index contributed by atoms with van der Waals surface area (Å²) in [7, 11) is 0. The van der Waals surface area contributed by atoms with Crippen molar-refractivity contribution in [2.45, 2.75) is 19.4 Å². The number of rotatable bonds is 2. The first kappa shape index (κ1) is 11.6.